The van der Waals surface area contributed by atoms with Gasteiger partial charge >= 0.3 is 5.97 Å². The topological polar surface area (TPSA) is 43.4 Å². The number of Topliss-reactive ketones (excluding diaryl/α,β-unsaturated/α-hetero) is 1. The Kier molecular flexibility index (Phi) is 1.90. The third-order valence-corrected chi connectivity index (χ3v) is 3.24. The van der Waals surface area contributed by atoms with E-state index in [0.29, 0.717) is 6.61 Å². The Morgan fingerprint density at radius 1 is 1.38 bits per heavy atom. The quantitative estimate of drug-likeness (QED) is 0.486. The number of esters is 1. The molecule has 72 valence electrons. The maximum Gasteiger partial charge on any atom is 0.313 e. The number of hydrogen-bond donors (Lipinski definition) is 0. The fourth-order valence-corrected chi connectivity index (χ4v) is 2.35. The molecule has 0 aromatic carbocycles. The van der Waals surface area contributed by atoms with Crippen LogP contribution in [0.3, 0.4) is 0 Å². The SMILES string of the molecule is CCOC(=O)CC(=O)C12CC(C1)C2. The molecule has 13 heavy (non-hydrogen) atoms. The lowest BCUT2D eigenvalue weighted by Crippen LogP contribution is -2.57. The van der Waals surface area contributed by atoms with Crippen molar-refractivity contribution in [2.75, 3.05) is 6.61 Å². The average Bonchev–Trinajstić information content (AvgIpc) is 1.78. The summed E-state index contributed by atoms with van der Waals surface area (Å²) < 4.78 is 4.73. The van der Waals surface area contributed by atoms with Crippen molar-refractivity contribution >= 4 is 11.8 Å². The number of ether oxygens (including phenoxy) is 1. The van der Waals surface area contributed by atoms with Crippen molar-refractivity contribution in [3.63, 3.8) is 0 Å². The molecule has 3 heteroatoms. The van der Waals surface area contributed by atoms with Gasteiger partial charge in [0.2, 0.25) is 0 Å². The number of ketones is 1. The predicted octanol–water partition coefficient (Wildman–Crippen LogP) is 1.31. The standard InChI is InChI=1S/C10H14O3/c1-2-13-9(12)3-8(11)10-4-7(5-10)6-10/h7H,2-6H2,1H3. The van der Waals surface area contributed by atoms with E-state index in [9.17, 15) is 9.59 Å². The van der Waals surface area contributed by atoms with Crippen LogP contribution >= 0.6 is 0 Å². The monoisotopic (exact) mass is 182 g/mol. The highest BCUT2D eigenvalue weighted by atomic mass is 16.5. The molecular weight excluding hydrogens is 168 g/mol. The van der Waals surface area contributed by atoms with Crippen LogP contribution in [0.15, 0.2) is 0 Å². The zero-order valence-electron chi connectivity index (χ0n) is 7.84. The first-order valence-electron chi connectivity index (χ1n) is 4.85. The van der Waals surface area contributed by atoms with Gasteiger partial charge in [-0.05, 0) is 32.1 Å². The fraction of sp³-hybridized carbons (Fsp3) is 0.800. The van der Waals surface area contributed by atoms with Gasteiger partial charge in [0.15, 0.2) is 0 Å². The highest BCUT2D eigenvalue weighted by Gasteiger charge is 2.60. The van der Waals surface area contributed by atoms with Crippen LogP contribution in [0.25, 0.3) is 0 Å². The number of hydrogen-bond acceptors (Lipinski definition) is 3. The van der Waals surface area contributed by atoms with Gasteiger partial charge < -0.3 is 4.74 Å². The second-order valence-corrected chi connectivity index (χ2v) is 4.16. The minimum atomic E-state index is -0.364. The van der Waals surface area contributed by atoms with Gasteiger partial charge in [0, 0.05) is 5.41 Å². The molecule has 2 bridgehead atoms. The van der Waals surface area contributed by atoms with Crippen molar-refractivity contribution in [3.8, 4) is 0 Å². The maximum absolute atomic E-state index is 11.6. The smallest absolute Gasteiger partial charge is 0.313 e. The summed E-state index contributed by atoms with van der Waals surface area (Å²) in [7, 11) is 0. The molecule has 3 nitrogen and oxygen atoms in total. The first-order chi connectivity index (χ1) is 6.16. The summed E-state index contributed by atoms with van der Waals surface area (Å²) in [5, 5.41) is 0. The molecule has 0 heterocycles. The molecule has 3 saturated carbocycles. The molecule has 0 radical (unpaired) electrons. The van der Waals surface area contributed by atoms with Gasteiger partial charge in [-0.15, -0.1) is 0 Å². The molecular formula is C10H14O3. The number of carbonyl (C=O) groups excluding carboxylic acids is 2. The summed E-state index contributed by atoms with van der Waals surface area (Å²) >= 11 is 0. The van der Waals surface area contributed by atoms with Gasteiger partial charge in [-0.25, -0.2) is 0 Å². The van der Waals surface area contributed by atoms with Crippen LogP contribution in [0.2, 0.25) is 0 Å². The van der Waals surface area contributed by atoms with Crippen LogP contribution in [-0.4, -0.2) is 18.4 Å². The molecule has 0 amide bonds. The van der Waals surface area contributed by atoms with Crippen LogP contribution in [0, 0.1) is 11.3 Å². The van der Waals surface area contributed by atoms with E-state index < -0.39 is 0 Å². The zero-order chi connectivity index (χ0) is 9.47. The van der Waals surface area contributed by atoms with Crippen molar-refractivity contribution in [3.05, 3.63) is 0 Å². The Balaban J connectivity index is 1.81. The van der Waals surface area contributed by atoms with Crippen molar-refractivity contribution in [1.82, 2.24) is 0 Å². The second kappa shape index (κ2) is 2.82. The number of rotatable bonds is 4. The van der Waals surface area contributed by atoms with E-state index in [1.165, 1.54) is 0 Å². The molecule has 0 spiro atoms. The third-order valence-electron chi connectivity index (χ3n) is 3.24. The van der Waals surface area contributed by atoms with E-state index in [0.717, 1.165) is 25.2 Å². The van der Waals surface area contributed by atoms with Gasteiger partial charge in [-0.3, -0.25) is 9.59 Å². The van der Waals surface area contributed by atoms with Gasteiger partial charge in [-0.1, -0.05) is 0 Å². The van der Waals surface area contributed by atoms with Crippen LogP contribution in [0.5, 0.6) is 0 Å². The van der Waals surface area contributed by atoms with Crippen LogP contribution in [-0.2, 0) is 14.3 Å². The lowest BCUT2D eigenvalue weighted by Gasteiger charge is -2.60. The molecule has 0 unspecified atom stereocenters. The van der Waals surface area contributed by atoms with Gasteiger partial charge in [0.1, 0.15) is 12.2 Å². The zero-order valence-corrected chi connectivity index (χ0v) is 7.84. The van der Waals surface area contributed by atoms with Crippen LogP contribution in [0.1, 0.15) is 32.6 Å². The molecule has 3 fully saturated rings. The number of carbonyl (C=O) groups is 2. The Bertz CT molecular complexity index is 240. The third kappa shape index (κ3) is 1.26. The summed E-state index contributed by atoms with van der Waals surface area (Å²) in [4.78, 5) is 22.6. The normalized spacial score (nSPS) is 34.4. The lowest BCUT2D eigenvalue weighted by molar-refractivity contribution is -0.167. The summed E-state index contributed by atoms with van der Waals surface area (Å²) in [6, 6.07) is 0. The second-order valence-electron chi connectivity index (χ2n) is 4.16. The van der Waals surface area contributed by atoms with E-state index >= 15 is 0 Å². The summed E-state index contributed by atoms with van der Waals surface area (Å²) in [5.41, 5.74) is -0.0859. The first-order valence-corrected chi connectivity index (χ1v) is 4.85. The molecule has 0 aromatic heterocycles. The van der Waals surface area contributed by atoms with Gasteiger partial charge in [-0.2, -0.15) is 0 Å². The highest BCUT2D eigenvalue weighted by Crippen LogP contribution is 2.65. The van der Waals surface area contributed by atoms with Crippen molar-refractivity contribution in [1.29, 1.82) is 0 Å². The fourth-order valence-electron chi connectivity index (χ4n) is 2.35. The maximum atomic E-state index is 11.6. The largest absolute Gasteiger partial charge is 0.466 e. The Hall–Kier alpha value is -0.860. The van der Waals surface area contributed by atoms with E-state index in [2.05, 4.69) is 0 Å². The predicted molar refractivity (Wildman–Crippen MR) is 46.0 cm³/mol. The first kappa shape index (κ1) is 8.73. The summed E-state index contributed by atoms with van der Waals surface area (Å²) in [6.07, 6.45) is 3.04. The molecule has 3 aliphatic rings. The summed E-state index contributed by atoms with van der Waals surface area (Å²) in [6.45, 7) is 2.12. The van der Waals surface area contributed by atoms with Crippen molar-refractivity contribution in [2.24, 2.45) is 11.3 Å². The highest BCUT2D eigenvalue weighted by molar-refractivity contribution is 6.00. The van der Waals surface area contributed by atoms with Gasteiger partial charge in [0.05, 0.1) is 6.61 Å². The summed E-state index contributed by atoms with van der Waals surface area (Å²) in [5.74, 6) is 0.525. The van der Waals surface area contributed by atoms with E-state index in [1.54, 1.807) is 6.92 Å². The minimum absolute atomic E-state index is 0.0133. The minimum Gasteiger partial charge on any atom is -0.466 e. The van der Waals surface area contributed by atoms with E-state index in [1.807, 2.05) is 0 Å². The molecule has 0 saturated heterocycles. The molecule has 0 aliphatic heterocycles. The molecule has 0 aromatic rings. The van der Waals surface area contributed by atoms with E-state index in [4.69, 9.17) is 4.74 Å². The molecule has 0 atom stereocenters. The molecule has 0 N–H and O–H groups in total. The Labute approximate surface area is 77.4 Å². The van der Waals surface area contributed by atoms with Gasteiger partial charge in [0.25, 0.3) is 0 Å². The van der Waals surface area contributed by atoms with Crippen LogP contribution < -0.4 is 0 Å². The molecule has 3 rings (SSSR count). The van der Waals surface area contributed by atoms with Crippen molar-refractivity contribution < 1.29 is 14.3 Å². The average molecular weight is 182 g/mol. The Morgan fingerprint density at radius 2 is 2.00 bits per heavy atom. The van der Waals surface area contributed by atoms with Crippen molar-refractivity contribution in [2.45, 2.75) is 32.6 Å². The Morgan fingerprint density at radius 3 is 2.38 bits per heavy atom. The molecule has 3 aliphatic carbocycles. The van der Waals surface area contributed by atoms with E-state index in [-0.39, 0.29) is 23.6 Å². The lowest BCUT2D eigenvalue weighted by atomic mass is 9.42. The van der Waals surface area contributed by atoms with Crippen LogP contribution in [0.4, 0.5) is 0 Å².